The minimum atomic E-state index is -1.97. The molecule has 5 atom stereocenters. The van der Waals surface area contributed by atoms with Crippen LogP contribution in [0.1, 0.15) is 20.8 Å². The molecule has 4 rings (SSSR count). The van der Waals surface area contributed by atoms with Gasteiger partial charge in [0.25, 0.3) is 0 Å². The van der Waals surface area contributed by atoms with E-state index in [-0.39, 0.29) is 34.0 Å². The molecule has 1 unspecified atom stereocenters. The fourth-order valence-corrected chi connectivity index (χ4v) is 4.74. The van der Waals surface area contributed by atoms with Crippen molar-refractivity contribution in [1.82, 2.24) is 0 Å². The Morgan fingerprint density at radius 1 is 0.761 bits per heavy atom. The normalized spacial score (nSPS) is 20.7. The van der Waals surface area contributed by atoms with Crippen molar-refractivity contribution in [3.05, 3.63) is 46.6 Å². The number of esters is 3. The van der Waals surface area contributed by atoms with Gasteiger partial charge in [0.1, 0.15) is 22.5 Å². The number of methoxy groups -OCH3 is 3. The minimum absolute atomic E-state index is 0.000699. The molecular weight excluding hydrogens is 616 g/mol. The highest BCUT2D eigenvalue weighted by molar-refractivity contribution is 5.90. The molecule has 0 amide bonds. The first-order chi connectivity index (χ1) is 21.9. The first kappa shape index (κ1) is 33.5. The van der Waals surface area contributed by atoms with Gasteiger partial charge in [0.05, 0.1) is 21.3 Å². The van der Waals surface area contributed by atoms with Crippen molar-refractivity contribution >= 4 is 34.8 Å². The fourth-order valence-electron chi connectivity index (χ4n) is 4.74. The topological polar surface area (TPSA) is 202 Å². The molecule has 0 spiro atoms. The molecule has 16 nitrogen and oxygen atoms in total. The summed E-state index contributed by atoms with van der Waals surface area (Å²) in [7, 11) is 4.04. The average molecular weight is 647 g/mol. The van der Waals surface area contributed by atoms with Gasteiger partial charge in [0, 0.05) is 38.5 Å². The number of benzene rings is 2. The van der Waals surface area contributed by atoms with Crippen LogP contribution in [0.25, 0.3) is 22.3 Å². The van der Waals surface area contributed by atoms with E-state index >= 15 is 0 Å². The maximum absolute atomic E-state index is 13.2. The number of carboxylic acids is 1. The summed E-state index contributed by atoms with van der Waals surface area (Å²) in [6.45, 7) is 3.02. The zero-order valence-electron chi connectivity index (χ0n) is 25.4. The van der Waals surface area contributed by atoms with E-state index in [0.29, 0.717) is 11.3 Å². The van der Waals surface area contributed by atoms with Gasteiger partial charge in [-0.1, -0.05) is 0 Å². The maximum atomic E-state index is 13.2. The van der Waals surface area contributed by atoms with Crippen molar-refractivity contribution in [2.45, 2.75) is 51.5 Å². The van der Waals surface area contributed by atoms with Gasteiger partial charge in [-0.15, -0.1) is 0 Å². The van der Waals surface area contributed by atoms with E-state index in [1.807, 2.05) is 0 Å². The van der Waals surface area contributed by atoms with Gasteiger partial charge < -0.3 is 47.6 Å². The standard InChI is InChI=1S/C30H30O16/c1-13(31)40-25-26(41-14(2)32)28(42-15(3)33)30(44-27(25)29(35)36)46-45-21-12-20-22(24(39-6)23(21)38-5)18(34)11-19(43-20)16-7-9-17(37-4)10-8-16/h7-12,25-28,30H,1-6H3,(H,35,36)/t25-,26-,27-,28+,30?/m0/s1. The van der Waals surface area contributed by atoms with Crippen LogP contribution in [0, 0.1) is 0 Å². The SMILES string of the molecule is COc1ccc(-c2cc(=O)c3c(OC)c(OC)c(OOC4O[C@H](C(=O)O)[C@@H](OC(C)=O)[C@H](OC(C)=O)[C@H]4OC(C)=O)cc3o2)cc1. The Labute approximate surface area is 260 Å². The summed E-state index contributed by atoms with van der Waals surface area (Å²) in [5.74, 6) is -4.09. The molecule has 1 aliphatic heterocycles. The van der Waals surface area contributed by atoms with Gasteiger partial charge in [0.2, 0.25) is 17.8 Å². The predicted octanol–water partition coefficient (Wildman–Crippen LogP) is 2.40. The Morgan fingerprint density at radius 2 is 1.35 bits per heavy atom. The van der Waals surface area contributed by atoms with Crippen molar-refractivity contribution < 1.29 is 71.6 Å². The van der Waals surface area contributed by atoms with Crippen LogP contribution in [-0.4, -0.2) is 81.0 Å². The van der Waals surface area contributed by atoms with Crippen LogP contribution in [0.5, 0.6) is 23.0 Å². The molecule has 2 heterocycles. The highest BCUT2D eigenvalue weighted by atomic mass is 17.2. The summed E-state index contributed by atoms with van der Waals surface area (Å²) in [4.78, 5) is 72.1. The number of hydrogen-bond donors (Lipinski definition) is 1. The van der Waals surface area contributed by atoms with Crippen LogP contribution >= 0.6 is 0 Å². The third kappa shape index (κ3) is 7.13. The number of carbonyl (C=O) groups excluding carboxylic acids is 3. The molecule has 246 valence electrons. The van der Waals surface area contributed by atoms with Crippen molar-refractivity contribution in [2.24, 2.45) is 0 Å². The summed E-state index contributed by atoms with van der Waals surface area (Å²) in [6.07, 6.45) is -9.00. The molecular formula is C30H30O16. The molecule has 3 aromatic rings. The van der Waals surface area contributed by atoms with Crippen LogP contribution in [0.3, 0.4) is 0 Å². The second-order valence-corrected chi connectivity index (χ2v) is 9.68. The summed E-state index contributed by atoms with van der Waals surface area (Å²) in [6, 6.07) is 9.24. The second kappa shape index (κ2) is 14.2. The number of hydrogen-bond acceptors (Lipinski definition) is 15. The molecule has 0 saturated carbocycles. The highest BCUT2D eigenvalue weighted by Gasteiger charge is 2.55. The molecule has 1 fully saturated rings. The van der Waals surface area contributed by atoms with E-state index in [9.17, 15) is 29.1 Å². The number of aliphatic carboxylic acids is 1. The summed E-state index contributed by atoms with van der Waals surface area (Å²) in [5, 5.41) is 9.84. The predicted molar refractivity (Wildman–Crippen MR) is 152 cm³/mol. The third-order valence-corrected chi connectivity index (χ3v) is 6.55. The Bertz CT molecular complexity index is 1680. The molecule has 1 N–H and O–H groups in total. The molecule has 1 saturated heterocycles. The monoisotopic (exact) mass is 646 g/mol. The smallest absolute Gasteiger partial charge is 0.337 e. The van der Waals surface area contributed by atoms with Crippen LogP contribution in [0.4, 0.5) is 0 Å². The van der Waals surface area contributed by atoms with Gasteiger partial charge in [-0.2, -0.15) is 4.89 Å². The maximum Gasteiger partial charge on any atom is 0.337 e. The first-order valence-electron chi connectivity index (χ1n) is 13.5. The average Bonchev–Trinajstić information content (AvgIpc) is 3.00. The van der Waals surface area contributed by atoms with E-state index in [1.165, 1.54) is 33.5 Å². The lowest BCUT2D eigenvalue weighted by Gasteiger charge is -2.42. The summed E-state index contributed by atoms with van der Waals surface area (Å²) >= 11 is 0. The first-order valence-corrected chi connectivity index (χ1v) is 13.5. The van der Waals surface area contributed by atoms with E-state index in [0.717, 1.165) is 20.8 Å². The number of carbonyl (C=O) groups is 4. The summed E-state index contributed by atoms with van der Waals surface area (Å²) in [5.41, 5.74) is 0.0451. The lowest BCUT2D eigenvalue weighted by molar-refractivity contribution is -0.382. The van der Waals surface area contributed by atoms with Gasteiger partial charge in [0.15, 0.2) is 35.6 Å². The number of carboxylic acid groups (broad SMARTS) is 1. The second-order valence-electron chi connectivity index (χ2n) is 9.68. The quantitative estimate of drug-likeness (QED) is 0.138. The Kier molecular flexibility index (Phi) is 10.3. The lowest BCUT2D eigenvalue weighted by Crippen LogP contribution is -2.63. The third-order valence-electron chi connectivity index (χ3n) is 6.55. The number of fused-ring (bicyclic) bond motifs is 1. The largest absolute Gasteiger partial charge is 0.497 e. The molecule has 0 aliphatic carbocycles. The molecule has 2 aromatic carbocycles. The van der Waals surface area contributed by atoms with E-state index in [1.54, 1.807) is 24.3 Å². The van der Waals surface area contributed by atoms with E-state index in [4.69, 9.17) is 47.4 Å². The molecule has 16 heteroatoms. The van der Waals surface area contributed by atoms with E-state index < -0.39 is 60.0 Å². The summed E-state index contributed by atoms with van der Waals surface area (Å²) < 4.78 is 43.1. The number of ether oxygens (including phenoxy) is 7. The number of rotatable bonds is 11. The van der Waals surface area contributed by atoms with Crippen molar-refractivity contribution in [3.8, 4) is 34.3 Å². The molecule has 46 heavy (non-hydrogen) atoms. The Balaban J connectivity index is 1.77. The highest BCUT2D eigenvalue weighted by Crippen LogP contribution is 2.43. The van der Waals surface area contributed by atoms with Gasteiger partial charge >= 0.3 is 23.9 Å². The van der Waals surface area contributed by atoms with Crippen molar-refractivity contribution in [3.63, 3.8) is 0 Å². The molecule has 0 radical (unpaired) electrons. The zero-order valence-corrected chi connectivity index (χ0v) is 25.4. The Morgan fingerprint density at radius 3 is 1.89 bits per heavy atom. The molecule has 0 bridgehead atoms. The fraction of sp³-hybridized carbons (Fsp3) is 0.367. The molecule has 1 aliphatic rings. The van der Waals surface area contributed by atoms with Crippen LogP contribution < -0.4 is 24.5 Å². The van der Waals surface area contributed by atoms with Gasteiger partial charge in [-0.25, -0.2) is 4.79 Å². The minimum Gasteiger partial charge on any atom is -0.497 e. The van der Waals surface area contributed by atoms with Crippen LogP contribution in [0.15, 0.2) is 45.6 Å². The van der Waals surface area contributed by atoms with Crippen LogP contribution in [-0.2, 0) is 43.0 Å². The van der Waals surface area contributed by atoms with Crippen molar-refractivity contribution in [1.29, 1.82) is 0 Å². The van der Waals surface area contributed by atoms with Crippen LogP contribution in [0.2, 0.25) is 0 Å². The zero-order chi connectivity index (χ0) is 33.7. The lowest BCUT2D eigenvalue weighted by atomic mass is 9.98. The van der Waals surface area contributed by atoms with E-state index in [2.05, 4.69) is 0 Å². The van der Waals surface area contributed by atoms with Gasteiger partial charge in [-0.05, 0) is 24.3 Å². The van der Waals surface area contributed by atoms with Gasteiger partial charge in [-0.3, -0.25) is 19.2 Å². The molecule has 1 aromatic heterocycles. The van der Waals surface area contributed by atoms with Crippen molar-refractivity contribution in [2.75, 3.05) is 21.3 Å². The Hall–Kier alpha value is -5.35.